The van der Waals surface area contributed by atoms with Gasteiger partial charge in [0.1, 0.15) is 18.4 Å². The van der Waals surface area contributed by atoms with Crippen LogP contribution in [-0.4, -0.2) is 100.0 Å². The lowest BCUT2D eigenvalue weighted by molar-refractivity contribution is -0.108. The predicted octanol–water partition coefficient (Wildman–Crippen LogP) is 3.13. The molecule has 0 radical (unpaired) electrons. The van der Waals surface area contributed by atoms with Gasteiger partial charge in [0.05, 0.1) is 55.4 Å². The molecule has 2 fully saturated rings. The Bertz CT molecular complexity index is 1680. The summed E-state index contributed by atoms with van der Waals surface area (Å²) in [6, 6.07) is 19.0. The minimum atomic E-state index is 0.473. The van der Waals surface area contributed by atoms with Crippen molar-refractivity contribution in [2.45, 2.75) is 6.54 Å². The van der Waals surface area contributed by atoms with Crippen LogP contribution in [0.3, 0.4) is 0 Å². The number of fused-ring (bicyclic) bond motifs is 2. The molecule has 0 atom stereocenters. The number of hydrogen-bond acceptors (Lipinski definition) is 10. The fraction of sp³-hybridized carbons (Fsp3) is 0.323. The minimum Gasteiger partial charge on any atom is -0.379 e. The Labute approximate surface area is 243 Å². The van der Waals surface area contributed by atoms with E-state index in [0.29, 0.717) is 26.3 Å². The van der Waals surface area contributed by atoms with E-state index in [2.05, 4.69) is 73.3 Å². The van der Waals surface area contributed by atoms with E-state index < -0.39 is 0 Å². The number of piperazine rings is 1. The average Bonchev–Trinajstić information content (AvgIpc) is 3.44. The van der Waals surface area contributed by atoms with Crippen molar-refractivity contribution in [3.05, 3.63) is 78.9 Å². The largest absolute Gasteiger partial charge is 0.379 e. The number of carbonyl (C=O) groups excluding carboxylic acids is 1. The highest BCUT2D eigenvalue weighted by Crippen LogP contribution is 2.34. The van der Waals surface area contributed by atoms with Crippen molar-refractivity contribution in [2.24, 2.45) is 0 Å². The molecule has 5 aromatic rings. The number of benzene rings is 2. The maximum atomic E-state index is 11.0. The summed E-state index contributed by atoms with van der Waals surface area (Å²) in [6.45, 7) is 7.25. The van der Waals surface area contributed by atoms with Gasteiger partial charge in [-0.25, -0.2) is 20.0 Å². The van der Waals surface area contributed by atoms with Crippen LogP contribution in [0.1, 0.15) is 5.56 Å². The fourth-order valence-corrected chi connectivity index (χ4v) is 5.80. The van der Waals surface area contributed by atoms with Crippen LogP contribution in [0.2, 0.25) is 0 Å². The molecule has 7 rings (SSSR count). The molecule has 0 spiro atoms. The summed E-state index contributed by atoms with van der Waals surface area (Å²) in [6.07, 6.45) is 6.35. The van der Waals surface area contributed by atoms with E-state index in [1.165, 1.54) is 5.56 Å². The molecule has 3 aromatic heterocycles. The Kier molecular flexibility index (Phi) is 7.43. The summed E-state index contributed by atoms with van der Waals surface area (Å²) in [7, 11) is 0. The quantitative estimate of drug-likeness (QED) is 0.262. The number of hydrogen-bond donors (Lipinski definition) is 0. The molecular weight excluding hydrogens is 530 g/mol. The molecule has 2 aliphatic heterocycles. The Morgan fingerprint density at radius 1 is 0.881 bits per heavy atom. The van der Waals surface area contributed by atoms with Gasteiger partial charge >= 0.3 is 0 Å². The lowest BCUT2D eigenvalue weighted by Gasteiger charge is -2.38. The van der Waals surface area contributed by atoms with Crippen LogP contribution in [-0.2, 0) is 16.1 Å². The first-order chi connectivity index (χ1) is 20.8. The lowest BCUT2D eigenvalue weighted by Crippen LogP contribution is -2.47. The van der Waals surface area contributed by atoms with Crippen molar-refractivity contribution < 1.29 is 9.53 Å². The number of hydrazine groups is 1. The molecule has 5 heterocycles. The maximum absolute atomic E-state index is 11.0. The van der Waals surface area contributed by atoms with Gasteiger partial charge < -0.3 is 14.4 Å². The van der Waals surface area contributed by atoms with E-state index in [9.17, 15) is 4.79 Å². The summed E-state index contributed by atoms with van der Waals surface area (Å²) in [5.41, 5.74) is 4.09. The standard InChI is InChI=1S/C31H33N9O2/c41-15-12-36-8-10-37(11-9-36)30-19-27-28(21-32-30)33-23-34-31(27)40(38-13-16-42-17-14-38)26-6-7-29-25(18-26)20-35-39(29)22-24-4-2-1-3-5-24/h1-7,15,18-21,23H,8-14,16-17,22H2. The zero-order valence-electron chi connectivity index (χ0n) is 23.4. The van der Waals surface area contributed by atoms with Crippen molar-refractivity contribution in [1.82, 2.24) is 34.6 Å². The molecule has 0 unspecified atom stereocenters. The van der Waals surface area contributed by atoms with Gasteiger partial charge in [-0.15, -0.1) is 0 Å². The summed E-state index contributed by atoms with van der Waals surface area (Å²) in [5.74, 6) is 1.70. The number of rotatable bonds is 8. The second kappa shape index (κ2) is 11.8. The molecule has 0 N–H and O–H groups in total. The molecule has 11 nitrogen and oxygen atoms in total. The third-order valence-electron chi connectivity index (χ3n) is 8.03. The molecule has 0 aliphatic carbocycles. The van der Waals surface area contributed by atoms with E-state index in [4.69, 9.17) is 19.8 Å². The Morgan fingerprint density at radius 2 is 1.71 bits per heavy atom. The monoisotopic (exact) mass is 563 g/mol. The first-order valence-corrected chi connectivity index (χ1v) is 14.4. The van der Waals surface area contributed by atoms with Crippen LogP contribution in [0.5, 0.6) is 0 Å². The highest BCUT2D eigenvalue weighted by Gasteiger charge is 2.26. The molecule has 11 heteroatoms. The summed E-state index contributed by atoms with van der Waals surface area (Å²) < 4.78 is 7.75. The summed E-state index contributed by atoms with van der Waals surface area (Å²) >= 11 is 0. The normalized spacial score (nSPS) is 16.7. The summed E-state index contributed by atoms with van der Waals surface area (Å²) in [5, 5.41) is 11.2. The van der Waals surface area contributed by atoms with Crippen molar-refractivity contribution in [3.63, 3.8) is 0 Å². The first-order valence-electron chi connectivity index (χ1n) is 14.4. The zero-order chi connectivity index (χ0) is 28.3. The smallest absolute Gasteiger partial charge is 0.159 e. The number of pyridine rings is 1. The molecule has 0 saturated carbocycles. The van der Waals surface area contributed by atoms with Gasteiger partial charge in [0.2, 0.25) is 0 Å². The third kappa shape index (κ3) is 5.29. The summed E-state index contributed by atoms with van der Waals surface area (Å²) in [4.78, 5) is 29.5. The third-order valence-corrected chi connectivity index (χ3v) is 8.03. The fourth-order valence-electron chi connectivity index (χ4n) is 5.80. The van der Waals surface area contributed by atoms with E-state index in [1.54, 1.807) is 6.33 Å². The number of anilines is 3. The molecular formula is C31H33N9O2. The molecule has 0 amide bonds. The van der Waals surface area contributed by atoms with Gasteiger partial charge in [-0.2, -0.15) is 5.10 Å². The van der Waals surface area contributed by atoms with Crippen LogP contribution in [0.25, 0.3) is 21.8 Å². The molecule has 2 saturated heterocycles. The van der Waals surface area contributed by atoms with Gasteiger partial charge in [0.25, 0.3) is 0 Å². The second-order valence-corrected chi connectivity index (χ2v) is 10.6. The molecule has 0 bridgehead atoms. The van der Waals surface area contributed by atoms with Gasteiger partial charge in [0.15, 0.2) is 5.82 Å². The van der Waals surface area contributed by atoms with Gasteiger partial charge in [0, 0.05) is 50.0 Å². The number of aldehydes is 1. The number of nitrogens with zero attached hydrogens (tertiary/aromatic N) is 9. The predicted molar refractivity (Wildman–Crippen MR) is 162 cm³/mol. The topological polar surface area (TPSA) is 95.8 Å². The molecule has 2 aliphatic rings. The number of ether oxygens (including phenoxy) is 1. The van der Waals surface area contributed by atoms with E-state index >= 15 is 0 Å². The second-order valence-electron chi connectivity index (χ2n) is 10.6. The number of aromatic nitrogens is 5. The van der Waals surface area contributed by atoms with Crippen LogP contribution in [0, 0.1) is 0 Å². The van der Waals surface area contributed by atoms with Crippen LogP contribution in [0.4, 0.5) is 17.3 Å². The van der Waals surface area contributed by atoms with Crippen molar-refractivity contribution in [1.29, 1.82) is 0 Å². The number of carbonyl (C=O) groups is 1. The Hall–Kier alpha value is -4.45. The lowest BCUT2D eigenvalue weighted by atomic mass is 10.2. The minimum absolute atomic E-state index is 0.473. The molecule has 214 valence electrons. The number of morpholine rings is 1. The van der Waals surface area contributed by atoms with Crippen molar-refractivity contribution in [2.75, 3.05) is 68.9 Å². The van der Waals surface area contributed by atoms with Crippen molar-refractivity contribution in [3.8, 4) is 0 Å². The van der Waals surface area contributed by atoms with E-state index in [0.717, 1.165) is 84.7 Å². The van der Waals surface area contributed by atoms with Gasteiger partial charge in [-0.1, -0.05) is 30.3 Å². The van der Waals surface area contributed by atoms with Gasteiger partial charge in [-0.3, -0.25) is 14.6 Å². The Morgan fingerprint density at radius 3 is 2.52 bits per heavy atom. The average molecular weight is 564 g/mol. The van der Waals surface area contributed by atoms with Crippen LogP contribution < -0.4 is 9.91 Å². The maximum Gasteiger partial charge on any atom is 0.159 e. The van der Waals surface area contributed by atoms with Crippen LogP contribution >= 0.6 is 0 Å². The van der Waals surface area contributed by atoms with E-state index in [-0.39, 0.29) is 0 Å². The SMILES string of the molecule is O=CCN1CCN(c2cc3c(N(c4ccc5c(cnn5Cc5ccccc5)c4)N4CCOCC4)ncnc3cn2)CC1. The highest BCUT2D eigenvalue weighted by atomic mass is 16.5. The first kappa shape index (κ1) is 26.4. The van der Waals surface area contributed by atoms with Gasteiger partial charge in [-0.05, 0) is 29.8 Å². The molecule has 42 heavy (non-hydrogen) atoms. The Balaban J connectivity index is 1.26. The van der Waals surface area contributed by atoms with Crippen LogP contribution in [0.15, 0.2) is 73.3 Å². The highest BCUT2D eigenvalue weighted by molar-refractivity contribution is 5.93. The van der Waals surface area contributed by atoms with E-state index in [1.807, 2.05) is 23.1 Å². The zero-order valence-corrected chi connectivity index (χ0v) is 23.4. The molecule has 2 aromatic carbocycles. The van der Waals surface area contributed by atoms with Crippen molar-refractivity contribution >= 4 is 45.4 Å².